The number of nitrogens with one attached hydrogen (secondary N) is 2. The lowest BCUT2D eigenvalue weighted by Gasteiger charge is -2.50. The minimum atomic E-state index is -0.754. The number of hydrogen-bond donors (Lipinski definition) is 7. The fraction of sp³-hybridized carbons (Fsp3) is 0.756. The van der Waals surface area contributed by atoms with Gasteiger partial charge in [0, 0.05) is 70.0 Å². The quantitative estimate of drug-likeness (QED) is 0.176. The highest BCUT2D eigenvalue weighted by Gasteiger charge is 2.43. The molecular weight excluding hydrogens is 688 g/mol. The molecule has 1 aromatic rings. The van der Waals surface area contributed by atoms with Crippen LogP contribution in [0.15, 0.2) is 17.1 Å². The SMILES string of the molecule is CC(=O)O[C@H]1C[C@@H](O)CC[C@@]2(C#C[C@@H]3CCC[C@H]4C[C@H](CCN4)Oc4cc(c(CO)cc4O)C[C@@H]31)CCN1C[C@H]3C[C@H](CN(CN=C(N)NC2)C3)[C@H]1CO. The van der Waals surface area contributed by atoms with Gasteiger partial charge in [0.1, 0.15) is 12.2 Å². The molecule has 3 fully saturated rings. The van der Waals surface area contributed by atoms with E-state index in [1.54, 1.807) is 6.07 Å². The van der Waals surface area contributed by atoms with Gasteiger partial charge < -0.3 is 46.3 Å². The van der Waals surface area contributed by atoms with E-state index in [9.17, 15) is 25.2 Å². The predicted molar refractivity (Wildman–Crippen MR) is 204 cm³/mol. The van der Waals surface area contributed by atoms with Crippen LogP contribution in [0.1, 0.15) is 82.3 Å². The smallest absolute Gasteiger partial charge is 0.302 e. The van der Waals surface area contributed by atoms with E-state index in [0.717, 1.165) is 83.2 Å². The molecular formula is C41H62N6O7. The Morgan fingerprint density at radius 2 is 2.00 bits per heavy atom. The molecule has 0 saturated carbocycles. The van der Waals surface area contributed by atoms with Crippen molar-refractivity contribution in [2.24, 2.45) is 39.8 Å². The second-order valence-corrected chi connectivity index (χ2v) is 17.1. The number of fused-ring (bicyclic) bond motifs is 9. The van der Waals surface area contributed by atoms with Crippen molar-refractivity contribution >= 4 is 11.9 Å². The molecule has 0 radical (unpaired) electrons. The van der Waals surface area contributed by atoms with Crippen molar-refractivity contribution in [2.75, 3.05) is 52.5 Å². The molecule has 8 N–H and O–H groups in total. The normalized spacial score (nSPS) is 38.7. The number of nitrogens with zero attached hydrogens (tertiary/aromatic N) is 3. The number of phenols is 1. The number of benzene rings is 1. The number of piperidine rings is 3. The Hall–Kier alpha value is -3.12. The molecule has 1 aliphatic carbocycles. The van der Waals surface area contributed by atoms with E-state index in [4.69, 9.17) is 20.2 Å². The van der Waals surface area contributed by atoms with Gasteiger partial charge >= 0.3 is 5.97 Å². The second kappa shape index (κ2) is 17.3. The number of guanidine groups is 1. The summed E-state index contributed by atoms with van der Waals surface area (Å²) in [5, 5.41) is 51.0. The molecule has 298 valence electrons. The van der Waals surface area contributed by atoms with Crippen LogP contribution in [0.2, 0.25) is 0 Å². The fourth-order valence-corrected chi connectivity index (χ4v) is 10.4. The summed E-state index contributed by atoms with van der Waals surface area (Å²) < 4.78 is 12.5. The van der Waals surface area contributed by atoms with E-state index in [0.29, 0.717) is 61.6 Å². The molecule has 13 nitrogen and oxygen atoms in total. The maximum Gasteiger partial charge on any atom is 0.302 e. The number of aliphatic hydroxyl groups is 3. The Balaban J connectivity index is 1.29. The first-order valence-corrected chi connectivity index (χ1v) is 20.4. The molecule has 0 aromatic heterocycles. The molecule has 8 bridgehead atoms. The second-order valence-electron chi connectivity index (χ2n) is 17.1. The van der Waals surface area contributed by atoms with Crippen molar-refractivity contribution in [3.8, 4) is 23.3 Å². The number of carbonyl (C=O) groups is 1. The summed E-state index contributed by atoms with van der Waals surface area (Å²) in [4.78, 5) is 22.3. The third-order valence-corrected chi connectivity index (χ3v) is 13.3. The summed E-state index contributed by atoms with van der Waals surface area (Å²) >= 11 is 0. The number of phenolic OH excluding ortho intramolecular Hbond substituents is 1. The van der Waals surface area contributed by atoms with Crippen LogP contribution in [0, 0.1) is 40.9 Å². The van der Waals surface area contributed by atoms with Crippen LogP contribution >= 0.6 is 0 Å². The van der Waals surface area contributed by atoms with Crippen molar-refractivity contribution in [1.82, 2.24) is 20.4 Å². The monoisotopic (exact) mass is 750 g/mol. The summed E-state index contributed by atoms with van der Waals surface area (Å²) in [6.07, 6.45) is 6.41. The molecule has 6 heterocycles. The van der Waals surface area contributed by atoms with Crippen molar-refractivity contribution in [2.45, 2.75) is 115 Å². The van der Waals surface area contributed by atoms with Crippen LogP contribution in [0.25, 0.3) is 0 Å². The lowest BCUT2D eigenvalue weighted by molar-refractivity contribution is -0.152. The van der Waals surface area contributed by atoms with Crippen LogP contribution in [-0.2, 0) is 22.6 Å². The molecule has 0 amide bonds. The topological polar surface area (TPSA) is 185 Å². The van der Waals surface area contributed by atoms with Gasteiger partial charge in [-0.15, -0.1) is 0 Å². The predicted octanol–water partition coefficient (Wildman–Crippen LogP) is 1.69. The third kappa shape index (κ3) is 9.28. The summed E-state index contributed by atoms with van der Waals surface area (Å²) in [5.74, 6) is 8.35. The first kappa shape index (κ1) is 39.1. The highest BCUT2D eigenvalue weighted by molar-refractivity contribution is 5.77. The molecule has 1 spiro atoms. The number of carbonyl (C=O) groups excluding carboxylic acids is 1. The molecule has 7 aliphatic rings. The lowest BCUT2D eigenvalue weighted by Crippen LogP contribution is -2.59. The minimum absolute atomic E-state index is 0.00433. The van der Waals surface area contributed by atoms with Gasteiger partial charge in [0.15, 0.2) is 17.5 Å². The van der Waals surface area contributed by atoms with Gasteiger partial charge in [-0.3, -0.25) is 14.6 Å². The number of aliphatic hydroxyl groups excluding tert-OH is 3. The summed E-state index contributed by atoms with van der Waals surface area (Å²) in [5.41, 5.74) is 7.35. The first-order valence-electron chi connectivity index (χ1n) is 20.4. The number of aliphatic imine (C=N–C) groups is 1. The van der Waals surface area contributed by atoms with Gasteiger partial charge in [0.25, 0.3) is 0 Å². The Labute approximate surface area is 320 Å². The number of ether oxygens (including phenoxy) is 2. The van der Waals surface area contributed by atoms with Crippen molar-refractivity contribution < 1.29 is 34.7 Å². The van der Waals surface area contributed by atoms with Crippen LogP contribution < -0.4 is 21.1 Å². The zero-order valence-corrected chi connectivity index (χ0v) is 31.9. The van der Waals surface area contributed by atoms with E-state index in [1.807, 2.05) is 6.07 Å². The van der Waals surface area contributed by atoms with Gasteiger partial charge in [0.05, 0.1) is 31.4 Å². The summed E-state index contributed by atoms with van der Waals surface area (Å²) in [7, 11) is 0. The molecule has 1 aromatic carbocycles. The third-order valence-electron chi connectivity index (χ3n) is 13.3. The van der Waals surface area contributed by atoms with E-state index >= 15 is 0 Å². The number of esters is 1. The highest BCUT2D eigenvalue weighted by atomic mass is 16.5. The molecule has 13 heteroatoms. The zero-order valence-electron chi connectivity index (χ0n) is 31.9. The number of hydrogen-bond acceptors (Lipinski definition) is 13. The van der Waals surface area contributed by atoms with E-state index in [2.05, 4.69) is 32.3 Å². The Bertz CT molecular complexity index is 1570. The Morgan fingerprint density at radius 1 is 1.13 bits per heavy atom. The van der Waals surface area contributed by atoms with Gasteiger partial charge in [-0.25, -0.2) is 4.99 Å². The standard InChI is InChI=1S/C41H62N6O7/c1-26(50)53-38-18-33(51)6-9-41(10-12-47-20-27-13-30(36(47)23-49)21-46(19-27)25-45-40(42)44-24-41)8-5-28-3-2-4-32-17-34(7-11-43-32)54-39-16-29(14-35(28)38)31(22-48)15-37(39)52/h15-16,27-28,30,32-36,38,43,48-49,51-52H,2-4,6-7,9-14,17-25H2,1H3,(H3,42,44,45)/t27-,28-,30+,32-,33-,34-,35-,36+,38-,41-/m0/s1. The number of nitrogens with two attached hydrogens (primary N) is 1. The molecule has 3 saturated heterocycles. The maximum absolute atomic E-state index is 12.7. The van der Waals surface area contributed by atoms with Crippen molar-refractivity contribution in [3.63, 3.8) is 0 Å². The molecule has 8 rings (SSSR count). The van der Waals surface area contributed by atoms with E-state index < -0.39 is 23.6 Å². The minimum Gasteiger partial charge on any atom is -0.504 e. The molecule has 2 unspecified atom stereocenters. The van der Waals surface area contributed by atoms with Gasteiger partial charge in [-0.05, 0) is 99.4 Å². The van der Waals surface area contributed by atoms with Crippen molar-refractivity contribution in [1.29, 1.82) is 0 Å². The Morgan fingerprint density at radius 3 is 2.81 bits per heavy atom. The van der Waals surface area contributed by atoms with Crippen molar-refractivity contribution in [3.05, 3.63) is 23.3 Å². The highest BCUT2D eigenvalue weighted by Crippen LogP contribution is 2.40. The number of aromatic hydroxyl groups is 1. The fourth-order valence-electron chi connectivity index (χ4n) is 10.4. The molecule has 6 aliphatic heterocycles. The summed E-state index contributed by atoms with van der Waals surface area (Å²) in [6, 6.07) is 3.76. The van der Waals surface area contributed by atoms with Gasteiger partial charge in [-0.2, -0.15) is 0 Å². The maximum atomic E-state index is 12.7. The summed E-state index contributed by atoms with van der Waals surface area (Å²) in [6.45, 7) is 6.62. The van der Waals surface area contributed by atoms with Gasteiger partial charge in [0.2, 0.25) is 0 Å². The average molecular weight is 751 g/mol. The first-order chi connectivity index (χ1) is 26.1. The van der Waals surface area contributed by atoms with Crippen LogP contribution in [0.5, 0.6) is 11.5 Å². The van der Waals surface area contributed by atoms with E-state index in [-0.39, 0.29) is 55.4 Å². The van der Waals surface area contributed by atoms with E-state index in [1.165, 1.54) is 6.92 Å². The van der Waals surface area contributed by atoms with Crippen LogP contribution in [0.3, 0.4) is 0 Å². The zero-order chi connectivity index (χ0) is 37.8. The van der Waals surface area contributed by atoms with Gasteiger partial charge in [-0.1, -0.05) is 18.3 Å². The Kier molecular flexibility index (Phi) is 12.6. The van der Waals surface area contributed by atoms with Crippen LogP contribution in [-0.4, -0.2) is 125 Å². The molecule has 54 heavy (non-hydrogen) atoms. The average Bonchev–Trinajstić information content (AvgIpc) is 3.16. The largest absolute Gasteiger partial charge is 0.504 e. The van der Waals surface area contributed by atoms with Crippen LogP contribution in [0.4, 0.5) is 0 Å². The molecule has 12 atom stereocenters. The lowest BCUT2D eigenvalue weighted by atomic mass is 9.73. The number of rotatable bonds is 3.